The van der Waals surface area contributed by atoms with E-state index in [1.807, 2.05) is 0 Å². The highest BCUT2D eigenvalue weighted by Gasteiger charge is 2.15. The summed E-state index contributed by atoms with van der Waals surface area (Å²) in [6, 6.07) is 6.52. The number of benzene rings is 1. The standard InChI is InChI=1S/C14H18N2O3S/c17-13(18)11-5-3-10(4-6-11)8-15-14(20)16-9-12-2-1-7-19-12/h3-6,12H,1-2,7-9H2,(H,17,18)(H2,15,16,20)/p-1/t12-/m1/s1. The minimum Gasteiger partial charge on any atom is -0.545 e. The molecule has 0 unspecified atom stereocenters. The minimum absolute atomic E-state index is 0.174. The summed E-state index contributed by atoms with van der Waals surface area (Å²) in [5.41, 5.74) is 1.13. The van der Waals surface area contributed by atoms with Gasteiger partial charge in [0.05, 0.1) is 12.1 Å². The Balaban J connectivity index is 1.70. The molecular weight excluding hydrogens is 276 g/mol. The molecule has 6 heteroatoms. The Hall–Kier alpha value is -1.66. The van der Waals surface area contributed by atoms with Crippen molar-refractivity contribution in [2.75, 3.05) is 13.2 Å². The summed E-state index contributed by atoms with van der Waals surface area (Å²) in [6.07, 6.45) is 2.43. The molecule has 20 heavy (non-hydrogen) atoms. The van der Waals surface area contributed by atoms with Crippen molar-refractivity contribution in [3.63, 3.8) is 0 Å². The Morgan fingerprint density at radius 2 is 2.10 bits per heavy atom. The van der Waals surface area contributed by atoms with Gasteiger partial charge in [0.1, 0.15) is 0 Å². The fourth-order valence-electron chi connectivity index (χ4n) is 2.02. The van der Waals surface area contributed by atoms with Crippen LogP contribution in [0.2, 0.25) is 0 Å². The van der Waals surface area contributed by atoms with Gasteiger partial charge < -0.3 is 25.3 Å². The van der Waals surface area contributed by atoms with Crippen molar-refractivity contribution in [3.05, 3.63) is 35.4 Å². The maximum atomic E-state index is 10.6. The van der Waals surface area contributed by atoms with Gasteiger partial charge in [-0.25, -0.2) is 0 Å². The fraction of sp³-hybridized carbons (Fsp3) is 0.429. The van der Waals surface area contributed by atoms with Crippen molar-refractivity contribution in [1.82, 2.24) is 10.6 Å². The molecule has 1 aromatic rings. The molecule has 1 aromatic carbocycles. The van der Waals surface area contributed by atoms with Crippen molar-refractivity contribution < 1.29 is 14.6 Å². The minimum atomic E-state index is -1.17. The molecule has 0 aliphatic carbocycles. The third kappa shape index (κ3) is 4.47. The molecule has 2 N–H and O–H groups in total. The van der Waals surface area contributed by atoms with Crippen LogP contribution in [0.25, 0.3) is 0 Å². The molecule has 0 radical (unpaired) electrons. The highest BCUT2D eigenvalue weighted by Crippen LogP contribution is 2.10. The zero-order chi connectivity index (χ0) is 14.4. The van der Waals surface area contributed by atoms with Crippen molar-refractivity contribution in [2.24, 2.45) is 0 Å². The number of thiocarbonyl (C=S) groups is 1. The fourth-order valence-corrected chi connectivity index (χ4v) is 2.17. The molecule has 0 amide bonds. The monoisotopic (exact) mass is 293 g/mol. The van der Waals surface area contributed by atoms with Crippen molar-refractivity contribution in [1.29, 1.82) is 0 Å². The van der Waals surface area contributed by atoms with Crippen molar-refractivity contribution >= 4 is 23.3 Å². The summed E-state index contributed by atoms with van der Waals surface area (Å²) in [7, 11) is 0. The van der Waals surface area contributed by atoms with Crippen molar-refractivity contribution in [3.8, 4) is 0 Å². The Bertz CT molecular complexity index is 470. The predicted molar refractivity (Wildman–Crippen MR) is 77.2 cm³/mol. The molecule has 1 atom stereocenters. The molecule has 1 fully saturated rings. The van der Waals surface area contributed by atoms with E-state index in [1.165, 1.54) is 12.1 Å². The molecule has 0 spiro atoms. The van der Waals surface area contributed by atoms with Crippen LogP contribution < -0.4 is 15.7 Å². The summed E-state index contributed by atoms with van der Waals surface area (Å²) in [4.78, 5) is 10.6. The molecule has 2 rings (SSSR count). The van der Waals surface area contributed by atoms with Crippen LogP contribution in [0.3, 0.4) is 0 Å². The Morgan fingerprint density at radius 3 is 2.70 bits per heavy atom. The second-order valence-electron chi connectivity index (χ2n) is 4.68. The molecule has 1 heterocycles. The summed E-state index contributed by atoms with van der Waals surface area (Å²) in [6.45, 7) is 2.09. The van der Waals surface area contributed by atoms with Gasteiger partial charge in [-0.2, -0.15) is 0 Å². The lowest BCUT2D eigenvalue weighted by atomic mass is 10.1. The van der Waals surface area contributed by atoms with E-state index in [4.69, 9.17) is 17.0 Å². The van der Waals surface area contributed by atoms with Gasteiger partial charge >= 0.3 is 0 Å². The van der Waals surface area contributed by atoms with E-state index in [2.05, 4.69) is 10.6 Å². The number of nitrogens with one attached hydrogen (secondary N) is 2. The maximum Gasteiger partial charge on any atom is 0.166 e. The summed E-state index contributed by atoms with van der Waals surface area (Å²) >= 11 is 5.17. The number of hydrogen-bond acceptors (Lipinski definition) is 4. The number of carbonyl (C=O) groups excluding carboxylic acids is 1. The SMILES string of the molecule is O=C([O-])c1ccc(CNC(=S)NC[C@H]2CCCO2)cc1. The summed E-state index contributed by atoms with van der Waals surface area (Å²) in [5, 5.41) is 17.4. The van der Waals surface area contributed by atoms with Crippen LogP contribution >= 0.6 is 12.2 Å². The highest BCUT2D eigenvalue weighted by molar-refractivity contribution is 7.80. The Morgan fingerprint density at radius 1 is 1.35 bits per heavy atom. The zero-order valence-electron chi connectivity index (χ0n) is 11.1. The number of carboxylic acid groups (broad SMARTS) is 1. The molecule has 0 aromatic heterocycles. The van der Waals surface area contributed by atoms with Gasteiger partial charge in [0.15, 0.2) is 5.11 Å². The number of carboxylic acids is 1. The third-order valence-electron chi connectivity index (χ3n) is 3.16. The van der Waals surface area contributed by atoms with E-state index < -0.39 is 5.97 Å². The van der Waals surface area contributed by atoms with Crippen LogP contribution in [0.1, 0.15) is 28.8 Å². The Labute approximate surface area is 123 Å². The quantitative estimate of drug-likeness (QED) is 0.755. The highest BCUT2D eigenvalue weighted by atomic mass is 32.1. The van der Waals surface area contributed by atoms with Crippen LogP contribution in [0, 0.1) is 0 Å². The van der Waals surface area contributed by atoms with E-state index in [-0.39, 0.29) is 11.7 Å². The lowest BCUT2D eigenvalue weighted by molar-refractivity contribution is -0.255. The van der Waals surface area contributed by atoms with E-state index in [0.29, 0.717) is 11.7 Å². The topological polar surface area (TPSA) is 73.4 Å². The van der Waals surface area contributed by atoms with E-state index in [0.717, 1.165) is 31.6 Å². The van der Waals surface area contributed by atoms with E-state index >= 15 is 0 Å². The zero-order valence-corrected chi connectivity index (χ0v) is 11.9. The molecule has 0 saturated carbocycles. The third-order valence-corrected chi connectivity index (χ3v) is 3.45. The first-order valence-electron chi connectivity index (χ1n) is 6.59. The smallest absolute Gasteiger partial charge is 0.166 e. The van der Waals surface area contributed by atoms with Gasteiger partial charge in [-0.1, -0.05) is 24.3 Å². The van der Waals surface area contributed by atoms with Crippen LogP contribution in [0.5, 0.6) is 0 Å². The number of ether oxygens (including phenoxy) is 1. The van der Waals surface area contributed by atoms with Gasteiger partial charge in [0.2, 0.25) is 0 Å². The van der Waals surface area contributed by atoms with Gasteiger partial charge in [0, 0.05) is 19.7 Å². The number of hydrogen-bond donors (Lipinski definition) is 2. The lowest BCUT2D eigenvalue weighted by Crippen LogP contribution is -2.39. The number of aromatic carboxylic acids is 1. The number of carbonyl (C=O) groups is 1. The van der Waals surface area contributed by atoms with Crippen molar-refractivity contribution in [2.45, 2.75) is 25.5 Å². The predicted octanol–water partition coefficient (Wildman–Crippen LogP) is 0.193. The van der Waals surface area contributed by atoms with Crippen LogP contribution in [0.4, 0.5) is 0 Å². The first-order valence-corrected chi connectivity index (χ1v) is 6.99. The largest absolute Gasteiger partial charge is 0.545 e. The average molecular weight is 293 g/mol. The van der Waals surface area contributed by atoms with Gasteiger partial charge in [0.25, 0.3) is 0 Å². The van der Waals surface area contributed by atoms with Gasteiger partial charge in [-0.3, -0.25) is 0 Å². The van der Waals surface area contributed by atoms with Gasteiger partial charge in [-0.05, 0) is 36.2 Å². The normalized spacial score (nSPS) is 17.7. The first-order chi connectivity index (χ1) is 9.65. The molecule has 1 saturated heterocycles. The first kappa shape index (κ1) is 14.7. The molecule has 0 bridgehead atoms. The lowest BCUT2D eigenvalue weighted by Gasteiger charge is -2.14. The van der Waals surface area contributed by atoms with Gasteiger partial charge in [-0.15, -0.1) is 0 Å². The number of rotatable bonds is 5. The van der Waals surface area contributed by atoms with E-state index in [9.17, 15) is 9.90 Å². The Kier molecular flexibility index (Phi) is 5.31. The van der Waals surface area contributed by atoms with Crippen LogP contribution in [-0.4, -0.2) is 30.3 Å². The molecule has 108 valence electrons. The molecular formula is C14H17N2O3S-. The van der Waals surface area contributed by atoms with Crippen LogP contribution in [-0.2, 0) is 11.3 Å². The summed E-state index contributed by atoms with van der Waals surface area (Å²) in [5.74, 6) is -1.17. The van der Waals surface area contributed by atoms with Crippen LogP contribution in [0.15, 0.2) is 24.3 Å². The average Bonchev–Trinajstić information content (AvgIpc) is 2.96. The molecule has 1 aliphatic rings. The maximum absolute atomic E-state index is 10.6. The molecule has 1 aliphatic heterocycles. The second-order valence-corrected chi connectivity index (χ2v) is 5.09. The van der Waals surface area contributed by atoms with E-state index in [1.54, 1.807) is 12.1 Å². The molecule has 5 nitrogen and oxygen atoms in total. The summed E-state index contributed by atoms with van der Waals surface area (Å²) < 4.78 is 5.49. The second kappa shape index (κ2) is 7.21.